The number of nitrogens with zero attached hydrogens (tertiary/aromatic N) is 4. The number of ether oxygens (including phenoxy) is 3. The summed E-state index contributed by atoms with van der Waals surface area (Å²) in [5, 5.41) is 4.04. The molecule has 4 aromatic heterocycles. The largest absolute Gasteiger partial charge is 0.491 e. The van der Waals surface area contributed by atoms with Crippen LogP contribution in [0, 0.1) is 11.8 Å². The summed E-state index contributed by atoms with van der Waals surface area (Å²) < 4.78 is 99.6. The summed E-state index contributed by atoms with van der Waals surface area (Å²) in [5.74, 6) is -0.119. The molecule has 340 valence electrons. The van der Waals surface area contributed by atoms with Gasteiger partial charge in [0.2, 0.25) is 0 Å². The summed E-state index contributed by atoms with van der Waals surface area (Å²) in [7, 11) is 0. The van der Waals surface area contributed by atoms with Crippen molar-refractivity contribution in [1.29, 1.82) is 0 Å². The molecule has 0 fully saturated rings. The summed E-state index contributed by atoms with van der Waals surface area (Å²) in [4.78, 5) is 34.7. The maximum atomic E-state index is 14.0. The van der Waals surface area contributed by atoms with Crippen molar-refractivity contribution >= 4 is 28.2 Å². The second kappa shape index (κ2) is 18.8. The third kappa shape index (κ3) is 13.1. The standard InChI is InChI=1S/C25H31F3N4O3.C20H23F3N4O/c1-15(2)12-24(6,32-22(33)35-23(3,4)5)13-34-19-8-7-16(11-18(19)25(26,27)28)20-17-9-10-29-21(17)31-14-30-20;1-12(2)9-19(3,24)10-28-16-5-4-13(8-15(16)20(21,22)23)17-14-6-7-25-18(14)27-11-26-17/h7-11,14-15H,12-13H2,1-6H3,(H,32,33)(H,29,30,31);4-8,11-12H,9-10,24H2,1-3H3,(H,25,26,27)/t24-;19-/m00/s1. The van der Waals surface area contributed by atoms with Gasteiger partial charge in [0.25, 0.3) is 0 Å². The highest BCUT2D eigenvalue weighted by Crippen LogP contribution is 2.41. The number of aromatic nitrogens is 6. The van der Waals surface area contributed by atoms with Crippen LogP contribution >= 0.6 is 0 Å². The monoisotopic (exact) mass is 884 g/mol. The number of nitrogens with one attached hydrogen (secondary N) is 3. The van der Waals surface area contributed by atoms with Crippen LogP contribution in [-0.4, -0.2) is 65.9 Å². The maximum Gasteiger partial charge on any atom is 0.419 e. The van der Waals surface area contributed by atoms with Gasteiger partial charge in [-0.25, -0.2) is 24.7 Å². The Morgan fingerprint density at radius 2 is 1.11 bits per heavy atom. The summed E-state index contributed by atoms with van der Waals surface area (Å²) in [6.07, 6.45) is -2.85. The van der Waals surface area contributed by atoms with E-state index in [1.54, 1.807) is 65.2 Å². The van der Waals surface area contributed by atoms with E-state index in [-0.39, 0.29) is 36.2 Å². The molecule has 4 heterocycles. The molecular formula is C45H54F6N8O4. The van der Waals surface area contributed by atoms with Gasteiger partial charge < -0.3 is 35.2 Å². The van der Waals surface area contributed by atoms with Crippen LogP contribution in [0.5, 0.6) is 11.5 Å². The Bertz CT molecular complexity index is 2490. The number of hydrogen-bond donors (Lipinski definition) is 4. The van der Waals surface area contributed by atoms with Gasteiger partial charge in [-0.2, -0.15) is 26.3 Å². The molecule has 0 unspecified atom stereocenters. The van der Waals surface area contributed by atoms with Crippen molar-refractivity contribution in [2.24, 2.45) is 17.6 Å². The molecule has 63 heavy (non-hydrogen) atoms. The molecule has 2 atom stereocenters. The quantitative estimate of drug-likeness (QED) is 0.0826. The molecule has 2 aromatic carbocycles. The smallest absolute Gasteiger partial charge is 0.419 e. The Morgan fingerprint density at radius 1 is 0.667 bits per heavy atom. The molecule has 0 saturated heterocycles. The summed E-state index contributed by atoms with van der Waals surface area (Å²) in [6.45, 7) is 16.4. The molecular weight excluding hydrogens is 831 g/mol. The number of fused-ring (bicyclic) bond motifs is 2. The van der Waals surface area contributed by atoms with E-state index in [1.165, 1.54) is 30.9 Å². The molecule has 12 nitrogen and oxygen atoms in total. The van der Waals surface area contributed by atoms with E-state index >= 15 is 0 Å². The van der Waals surface area contributed by atoms with Crippen molar-refractivity contribution in [2.45, 2.75) is 104 Å². The highest BCUT2D eigenvalue weighted by molar-refractivity contribution is 5.91. The third-order valence-electron chi connectivity index (χ3n) is 9.46. The minimum atomic E-state index is -4.66. The van der Waals surface area contributed by atoms with Gasteiger partial charge in [-0.1, -0.05) is 27.7 Å². The SMILES string of the molecule is CC(C)C[C@@](C)(COc1ccc(-c2ncnc3[nH]ccc23)cc1C(F)(F)F)NC(=O)OC(C)(C)C.CC(C)C[C@](C)(N)COc1ccc(-c2ncnc3[nH]ccc23)cc1C(F)(F)F. The van der Waals surface area contributed by atoms with E-state index < -0.39 is 46.3 Å². The lowest BCUT2D eigenvalue weighted by molar-refractivity contribution is -0.139. The molecule has 5 N–H and O–H groups in total. The van der Waals surface area contributed by atoms with Crippen LogP contribution < -0.4 is 20.5 Å². The zero-order valence-electron chi connectivity index (χ0n) is 36.7. The van der Waals surface area contributed by atoms with Crippen LogP contribution in [0.25, 0.3) is 44.6 Å². The second-order valence-electron chi connectivity index (χ2n) is 18.0. The molecule has 0 aliphatic rings. The first-order valence-electron chi connectivity index (χ1n) is 20.3. The number of H-pyrrole nitrogens is 2. The predicted octanol–water partition coefficient (Wildman–Crippen LogP) is 11.1. The van der Waals surface area contributed by atoms with Crippen LogP contribution in [0.15, 0.2) is 73.6 Å². The van der Waals surface area contributed by atoms with Crippen molar-refractivity contribution in [1.82, 2.24) is 35.2 Å². The summed E-state index contributed by atoms with van der Waals surface area (Å²) in [6, 6.07) is 11.2. The van der Waals surface area contributed by atoms with Gasteiger partial charge in [0.05, 0.1) is 28.1 Å². The van der Waals surface area contributed by atoms with Gasteiger partial charge in [0.15, 0.2) is 0 Å². The minimum absolute atomic E-state index is 0.0107. The fourth-order valence-corrected chi connectivity index (χ4v) is 7.32. The van der Waals surface area contributed by atoms with Crippen LogP contribution in [0.3, 0.4) is 0 Å². The number of aromatic amines is 2. The molecule has 0 spiro atoms. The lowest BCUT2D eigenvalue weighted by Gasteiger charge is -2.33. The molecule has 6 rings (SSSR count). The predicted molar refractivity (Wildman–Crippen MR) is 229 cm³/mol. The summed E-state index contributed by atoms with van der Waals surface area (Å²) >= 11 is 0. The average Bonchev–Trinajstić information content (AvgIpc) is 3.84. The normalized spacial score (nSPS) is 14.3. The number of alkyl halides is 6. The first-order valence-corrected chi connectivity index (χ1v) is 20.3. The lowest BCUT2D eigenvalue weighted by atomic mass is 9.91. The van der Waals surface area contributed by atoms with Crippen LogP contribution in [0.4, 0.5) is 31.1 Å². The number of rotatable bonds is 13. The number of benzene rings is 2. The van der Waals surface area contributed by atoms with Crippen LogP contribution in [0.1, 0.15) is 86.3 Å². The first kappa shape index (κ1) is 48.1. The van der Waals surface area contributed by atoms with E-state index in [4.69, 9.17) is 19.9 Å². The Balaban J connectivity index is 0.000000243. The molecule has 1 amide bonds. The summed E-state index contributed by atoms with van der Waals surface area (Å²) in [5.41, 5.74) is 4.51. The molecule has 0 saturated carbocycles. The highest BCUT2D eigenvalue weighted by atomic mass is 19.4. The number of hydrogen-bond acceptors (Lipinski definition) is 9. The van der Waals surface area contributed by atoms with Gasteiger partial charge in [0, 0.05) is 39.8 Å². The lowest BCUT2D eigenvalue weighted by Crippen LogP contribution is -2.52. The first-order chi connectivity index (χ1) is 29.2. The zero-order valence-corrected chi connectivity index (χ0v) is 36.7. The molecule has 6 aromatic rings. The van der Waals surface area contributed by atoms with Crippen LogP contribution in [0.2, 0.25) is 0 Å². The Hall–Kier alpha value is -5.91. The fourth-order valence-electron chi connectivity index (χ4n) is 7.32. The maximum absolute atomic E-state index is 14.0. The van der Waals surface area contributed by atoms with Gasteiger partial charge in [-0.05, 0) is 108 Å². The molecule has 0 radical (unpaired) electrons. The van der Waals surface area contributed by atoms with E-state index in [0.717, 1.165) is 12.1 Å². The van der Waals surface area contributed by atoms with Crippen molar-refractivity contribution in [3.05, 3.63) is 84.7 Å². The number of carbonyl (C=O) groups excluding carboxylic acids is 1. The number of nitrogens with two attached hydrogens (primary N) is 1. The molecule has 0 aliphatic carbocycles. The highest BCUT2D eigenvalue weighted by Gasteiger charge is 2.38. The third-order valence-corrected chi connectivity index (χ3v) is 9.46. The fraction of sp³-hybridized carbons (Fsp3) is 0.444. The van der Waals surface area contributed by atoms with Crippen molar-refractivity contribution in [3.63, 3.8) is 0 Å². The van der Waals surface area contributed by atoms with E-state index in [9.17, 15) is 31.1 Å². The Kier molecular flexibility index (Phi) is 14.4. The average molecular weight is 885 g/mol. The van der Waals surface area contributed by atoms with E-state index in [0.29, 0.717) is 57.8 Å². The van der Waals surface area contributed by atoms with Gasteiger partial charge >= 0.3 is 18.4 Å². The van der Waals surface area contributed by atoms with Gasteiger partial charge in [0.1, 0.15) is 54.3 Å². The topological polar surface area (TPSA) is 166 Å². The van der Waals surface area contributed by atoms with Gasteiger partial charge in [-0.3, -0.25) is 0 Å². The second-order valence-corrected chi connectivity index (χ2v) is 18.0. The Morgan fingerprint density at radius 3 is 1.52 bits per heavy atom. The number of alkyl carbamates (subject to hydrolysis) is 1. The molecule has 0 bridgehead atoms. The van der Waals surface area contributed by atoms with E-state index in [2.05, 4.69) is 35.2 Å². The zero-order chi connectivity index (χ0) is 46.5. The minimum Gasteiger partial charge on any atom is -0.491 e. The van der Waals surface area contributed by atoms with Crippen molar-refractivity contribution < 1.29 is 45.3 Å². The molecule has 0 aliphatic heterocycles. The number of carbonyl (C=O) groups is 1. The Labute approximate surface area is 361 Å². The number of halogens is 6. The molecule has 18 heteroatoms. The van der Waals surface area contributed by atoms with Crippen molar-refractivity contribution in [3.8, 4) is 34.0 Å². The van der Waals surface area contributed by atoms with Crippen molar-refractivity contribution in [2.75, 3.05) is 13.2 Å². The van der Waals surface area contributed by atoms with Gasteiger partial charge in [-0.15, -0.1) is 0 Å². The number of amides is 1. The van der Waals surface area contributed by atoms with Crippen LogP contribution in [-0.2, 0) is 17.1 Å². The van der Waals surface area contributed by atoms with E-state index in [1.807, 2.05) is 27.7 Å².